The van der Waals surface area contributed by atoms with Gasteiger partial charge in [-0.1, -0.05) is 36.8 Å². The summed E-state index contributed by atoms with van der Waals surface area (Å²) in [5, 5.41) is 13.5. The van der Waals surface area contributed by atoms with Crippen LogP contribution in [-0.2, 0) is 12.8 Å². The summed E-state index contributed by atoms with van der Waals surface area (Å²) in [6, 6.07) is 10.6. The number of fused-ring (bicyclic) bond motifs is 1. The second kappa shape index (κ2) is 6.67. The van der Waals surface area contributed by atoms with Gasteiger partial charge in [-0.25, -0.2) is 4.79 Å². The molecule has 2 aromatic rings. The number of aryl methyl sites for hydroxylation is 1. The van der Waals surface area contributed by atoms with Gasteiger partial charge in [0.05, 0.1) is 12.2 Å². The van der Waals surface area contributed by atoms with Gasteiger partial charge in [-0.2, -0.15) is 5.10 Å². The molecule has 0 unspecified atom stereocenters. The molecule has 0 aliphatic heterocycles. The van der Waals surface area contributed by atoms with E-state index in [0.29, 0.717) is 5.92 Å². The fraction of sp³-hybridized carbons (Fsp3) is 0.474. The Bertz CT molecular complexity index is 692. The van der Waals surface area contributed by atoms with Crippen LogP contribution in [0.15, 0.2) is 36.5 Å². The molecule has 0 bridgehead atoms. The number of aromatic amines is 1. The van der Waals surface area contributed by atoms with Crippen LogP contribution in [-0.4, -0.2) is 22.3 Å². The van der Waals surface area contributed by atoms with Gasteiger partial charge in [0, 0.05) is 11.7 Å². The zero-order valence-electron chi connectivity index (χ0n) is 13.8. The monoisotopic (exact) mass is 324 g/mol. The molecule has 0 spiro atoms. The molecule has 1 aromatic carbocycles. The summed E-state index contributed by atoms with van der Waals surface area (Å²) < 4.78 is 0. The normalized spacial score (nSPS) is 21.4. The summed E-state index contributed by atoms with van der Waals surface area (Å²) in [7, 11) is 0. The maximum atomic E-state index is 12.5. The predicted molar refractivity (Wildman–Crippen MR) is 92.6 cm³/mol. The summed E-state index contributed by atoms with van der Waals surface area (Å²) in [6.07, 6.45) is 8.31. The minimum atomic E-state index is -0.0484. The van der Waals surface area contributed by atoms with E-state index in [1.807, 2.05) is 24.4 Å². The Morgan fingerprint density at radius 2 is 2.04 bits per heavy atom. The van der Waals surface area contributed by atoms with Crippen LogP contribution >= 0.6 is 0 Å². The van der Waals surface area contributed by atoms with Crippen molar-refractivity contribution in [2.75, 3.05) is 0 Å². The van der Waals surface area contributed by atoms with Crippen molar-refractivity contribution >= 4 is 6.03 Å². The van der Waals surface area contributed by atoms with Crippen LogP contribution in [0.2, 0.25) is 0 Å². The van der Waals surface area contributed by atoms with Gasteiger partial charge in [-0.05, 0) is 49.1 Å². The number of carbonyl (C=O) groups is 1. The topological polar surface area (TPSA) is 69.8 Å². The van der Waals surface area contributed by atoms with E-state index >= 15 is 0 Å². The summed E-state index contributed by atoms with van der Waals surface area (Å²) in [5.74, 6) is 0.560. The van der Waals surface area contributed by atoms with Gasteiger partial charge in [0.2, 0.25) is 0 Å². The fourth-order valence-electron chi connectivity index (χ4n) is 3.81. The highest BCUT2D eigenvalue weighted by molar-refractivity contribution is 5.75. The average Bonchev–Trinajstić information content (AvgIpc) is 3.01. The summed E-state index contributed by atoms with van der Waals surface area (Å²) in [5.41, 5.74) is 3.65. The molecule has 0 saturated heterocycles. The third kappa shape index (κ3) is 3.16. The molecule has 1 saturated carbocycles. The van der Waals surface area contributed by atoms with Crippen LogP contribution in [0.4, 0.5) is 4.79 Å². The molecule has 5 nitrogen and oxygen atoms in total. The molecule has 2 aliphatic rings. The van der Waals surface area contributed by atoms with Gasteiger partial charge in [-0.3, -0.25) is 5.10 Å². The van der Waals surface area contributed by atoms with Crippen LogP contribution < -0.4 is 10.6 Å². The summed E-state index contributed by atoms with van der Waals surface area (Å²) in [6.45, 7) is 0. The lowest BCUT2D eigenvalue weighted by Crippen LogP contribution is -2.47. The zero-order chi connectivity index (χ0) is 16.4. The quantitative estimate of drug-likeness (QED) is 0.809. The first kappa shape index (κ1) is 15.2. The van der Waals surface area contributed by atoms with Crippen LogP contribution in [0.3, 0.4) is 0 Å². The van der Waals surface area contributed by atoms with E-state index in [2.05, 4.69) is 33.0 Å². The number of hydrogen-bond acceptors (Lipinski definition) is 2. The Kier molecular flexibility index (Phi) is 4.24. The Balaban J connectivity index is 1.39. The second-order valence-electron chi connectivity index (χ2n) is 7.01. The molecule has 1 heterocycles. The molecule has 5 heteroatoms. The summed E-state index contributed by atoms with van der Waals surface area (Å²) >= 11 is 0. The number of carbonyl (C=O) groups excluding carboxylic acids is 1. The lowest BCUT2D eigenvalue weighted by Gasteiger charge is -2.35. The number of hydrogen-bond donors (Lipinski definition) is 3. The van der Waals surface area contributed by atoms with Crippen molar-refractivity contribution in [3.8, 4) is 0 Å². The van der Waals surface area contributed by atoms with Crippen molar-refractivity contribution in [3.63, 3.8) is 0 Å². The Morgan fingerprint density at radius 3 is 2.79 bits per heavy atom. The highest BCUT2D eigenvalue weighted by atomic mass is 16.2. The van der Waals surface area contributed by atoms with Crippen molar-refractivity contribution in [1.82, 2.24) is 20.8 Å². The molecule has 2 aliphatic carbocycles. The molecular weight excluding hydrogens is 300 g/mol. The molecule has 3 N–H and O–H groups in total. The number of nitrogens with one attached hydrogen (secondary N) is 3. The van der Waals surface area contributed by atoms with Crippen LogP contribution in [0.25, 0.3) is 0 Å². The van der Waals surface area contributed by atoms with E-state index in [0.717, 1.165) is 19.3 Å². The molecule has 1 fully saturated rings. The summed E-state index contributed by atoms with van der Waals surface area (Å²) in [4.78, 5) is 12.5. The van der Waals surface area contributed by atoms with Gasteiger partial charge < -0.3 is 10.6 Å². The zero-order valence-corrected chi connectivity index (χ0v) is 13.8. The van der Waals surface area contributed by atoms with Crippen molar-refractivity contribution in [3.05, 3.63) is 53.3 Å². The standard InChI is InChI=1S/C19H24N4O/c24-19(21-16-9-10-17-15(11-16)12-20-23-17)22-18(14-7-4-8-14)13-5-2-1-3-6-13/h1-3,5-6,12,14,16,18H,4,7-11H2,(H,20,23)(H2,21,22,24)/t16-,18-/m1/s1. The number of rotatable bonds is 4. The number of urea groups is 1. The van der Waals surface area contributed by atoms with E-state index in [4.69, 9.17) is 0 Å². The average molecular weight is 324 g/mol. The van der Waals surface area contributed by atoms with Gasteiger partial charge in [0.25, 0.3) is 0 Å². The maximum Gasteiger partial charge on any atom is 0.315 e. The molecule has 1 aromatic heterocycles. The number of amides is 2. The first-order valence-corrected chi connectivity index (χ1v) is 8.92. The third-order valence-corrected chi connectivity index (χ3v) is 5.42. The largest absolute Gasteiger partial charge is 0.335 e. The van der Waals surface area contributed by atoms with Crippen LogP contribution in [0.1, 0.15) is 48.5 Å². The van der Waals surface area contributed by atoms with Gasteiger partial charge in [0.1, 0.15) is 0 Å². The van der Waals surface area contributed by atoms with Crippen molar-refractivity contribution in [2.45, 2.75) is 50.6 Å². The van der Waals surface area contributed by atoms with Crippen molar-refractivity contribution < 1.29 is 4.79 Å². The Labute approximate surface area is 142 Å². The lowest BCUT2D eigenvalue weighted by atomic mass is 9.77. The Morgan fingerprint density at radius 1 is 1.21 bits per heavy atom. The van der Waals surface area contributed by atoms with Crippen molar-refractivity contribution in [1.29, 1.82) is 0 Å². The predicted octanol–water partition coefficient (Wildman–Crippen LogP) is 3.11. The maximum absolute atomic E-state index is 12.5. The van der Waals surface area contributed by atoms with Gasteiger partial charge in [-0.15, -0.1) is 0 Å². The molecular formula is C19H24N4O. The Hall–Kier alpha value is -2.30. The first-order valence-electron chi connectivity index (χ1n) is 8.92. The van der Waals surface area contributed by atoms with E-state index in [-0.39, 0.29) is 18.1 Å². The van der Waals surface area contributed by atoms with Crippen molar-refractivity contribution in [2.24, 2.45) is 5.92 Å². The number of aromatic nitrogens is 2. The number of nitrogens with zero attached hydrogens (tertiary/aromatic N) is 1. The molecule has 2 atom stereocenters. The lowest BCUT2D eigenvalue weighted by molar-refractivity contribution is 0.204. The second-order valence-corrected chi connectivity index (χ2v) is 7.01. The number of benzene rings is 1. The SMILES string of the molecule is O=C(N[C@@H]1CCc2[nH]ncc2C1)N[C@H](c1ccccc1)C1CCC1. The third-order valence-electron chi connectivity index (χ3n) is 5.42. The minimum absolute atomic E-state index is 0.0484. The smallest absolute Gasteiger partial charge is 0.315 e. The first-order chi connectivity index (χ1) is 11.8. The van der Waals surface area contributed by atoms with Gasteiger partial charge in [0.15, 0.2) is 0 Å². The molecule has 24 heavy (non-hydrogen) atoms. The van der Waals surface area contributed by atoms with Crippen LogP contribution in [0, 0.1) is 5.92 Å². The minimum Gasteiger partial charge on any atom is -0.335 e. The van der Waals surface area contributed by atoms with E-state index in [1.165, 1.54) is 36.1 Å². The highest BCUT2D eigenvalue weighted by Gasteiger charge is 2.30. The van der Waals surface area contributed by atoms with Gasteiger partial charge >= 0.3 is 6.03 Å². The van der Waals surface area contributed by atoms with Crippen LogP contribution in [0.5, 0.6) is 0 Å². The fourth-order valence-corrected chi connectivity index (χ4v) is 3.81. The number of H-pyrrole nitrogens is 1. The van der Waals surface area contributed by atoms with E-state index < -0.39 is 0 Å². The molecule has 2 amide bonds. The molecule has 4 rings (SSSR count). The highest BCUT2D eigenvalue weighted by Crippen LogP contribution is 2.37. The molecule has 0 radical (unpaired) electrons. The molecule has 126 valence electrons. The van der Waals surface area contributed by atoms with E-state index in [9.17, 15) is 4.79 Å². The van der Waals surface area contributed by atoms with E-state index in [1.54, 1.807) is 0 Å².